The summed E-state index contributed by atoms with van der Waals surface area (Å²) in [6.45, 7) is 2.36. The van der Waals surface area contributed by atoms with Gasteiger partial charge in [-0.05, 0) is 48.9 Å². The first-order valence-electron chi connectivity index (χ1n) is 11.0. The third-order valence-electron chi connectivity index (χ3n) is 6.23. The fraction of sp³-hybridized carbons (Fsp3) is 0.185. The first-order chi connectivity index (χ1) is 16.1. The van der Waals surface area contributed by atoms with Gasteiger partial charge in [0.25, 0.3) is 5.91 Å². The Labute approximate surface area is 192 Å². The topological polar surface area (TPSA) is 74.4 Å². The maximum atomic E-state index is 13.4. The zero-order chi connectivity index (χ0) is 22.9. The average Bonchev–Trinajstić information content (AvgIpc) is 3.31. The molecule has 1 aromatic heterocycles. The van der Waals surface area contributed by atoms with Crippen LogP contribution < -0.4 is 10.1 Å². The monoisotopic (exact) mass is 439 g/mol. The van der Waals surface area contributed by atoms with Gasteiger partial charge in [0.1, 0.15) is 5.75 Å². The number of aryl methyl sites for hydroxylation is 1. The minimum Gasteiger partial charge on any atom is -0.497 e. The fourth-order valence-corrected chi connectivity index (χ4v) is 4.68. The van der Waals surface area contributed by atoms with Crippen LogP contribution in [0.5, 0.6) is 5.75 Å². The number of carbonyl (C=O) groups is 2. The highest BCUT2D eigenvalue weighted by Gasteiger charge is 2.39. The number of nitrogens with one attached hydrogen (secondary N) is 2. The lowest BCUT2D eigenvalue weighted by atomic mass is 9.95. The van der Waals surface area contributed by atoms with Gasteiger partial charge in [0.2, 0.25) is 5.91 Å². The molecule has 2 N–H and O–H groups in total. The number of rotatable bonds is 6. The van der Waals surface area contributed by atoms with E-state index in [9.17, 15) is 9.59 Å². The number of aromatic nitrogens is 1. The molecule has 2 heterocycles. The molecule has 3 aromatic carbocycles. The highest BCUT2D eigenvalue weighted by molar-refractivity contribution is 6.01. The number of H-pyrrole nitrogens is 1. The lowest BCUT2D eigenvalue weighted by Crippen LogP contribution is -2.32. The molecule has 0 saturated heterocycles. The molecule has 1 aliphatic rings. The van der Waals surface area contributed by atoms with E-state index >= 15 is 0 Å². The van der Waals surface area contributed by atoms with Crippen LogP contribution in [-0.4, -0.2) is 35.4 Å². The minimum atomic E-state index is -0.237. The van der Waals surface area contributed by atoms with E-state index in [1.165, 1.54) is 0 Å². The molecule has 0 aliphatic carbocycles. The number of nitrogens with zero attached hydrogens (tertiary/aromatic N) is 1. The molecule has 1 aliphatic heterocycles. The van der Waals surface area contributed by atoms with Crippen LogP contribution in [-0.2, 0) is 4.79 Å². The van der Waals surface area contributed by atoms with E-state index in [2.05, 4.69) is 16.4 Å². The van der Waals surface area contributed by atoms with Crippen molar-refractivity contribution in [3.05, 3.63) is 95.2 Å². The number of benzene rings is 3. The molecule has 6 heteroatoms. The average molecular weight is 440 g/mol. The number of carbonyl (C=O) groups excluding carboxylic acids is 2. The van der Waals surface area contributed by atoms with E-state index < -0.39 is 0 Å². The molecular weight excluding hydrogens is 414 g/mol. The van der Waals surface area contributed by atoms with E-state index in [1.807, 2.05) is 54.3 Å². The highest BCUT2D eigenvalue weighted by atomic mass is 16.5. The second-order valence-corrected chi connectivity index (χ2v) is 8.22. The van der Waals surface area contributed by atoms with Crippen molar-refractivity contribution in [1.29, 1.82) is 0 Å². The summed E-state index contributed by atoms with van der Waals surface area (Å²) in [5, 5.41) is 4.00. The molecule has 0 radical (unpaired) electrons. The molecule has 0 spiro atoms. The van der Waals surface area contributed by atoms with Crippen molar-refractivity contribution in [3.8, 4) is 5.75 Å². The molecule has 5 rings (SSSR count). The Kier molecular flexibility index (Phi) is 5.34. The molecule has 4 aromatic rings. The predicted molar refractivity (Wildman–Crippen MR) is 129 cm³/mol. The molecule has 0 saturated carbocycles. The first kappa shape index (κ1) is 20.8. The largest absolute Gasteiger partial charge is 0.497 e. The van der Waals surface area contributed by atoms with Crippen molar-refractivity contribution in [2.45, 2.75) is 19.4 Å². The number of para-hydroxylation sites is 1. The smallest absolute Gasteiger partial charge is 0.255 e. The van der Waals surface area contributed by atoms with Crippen molar-refractivity contribution in [1.82, 2.24) is 9.88 Å². The molecule has 6 nitrogen and oxygen atoms in total. The third kappa shape index (κ3) is 3.74. The van der Waals surface area contributed by atoms with Crippen molar-refractivity contribution in [2.24, 2.45) is 0 Å². The Morgan fingerprint density at radius 2 is 1.76 bits per heavy atom. The van der Waals surface area contributed by atoms with Crippen molar-refractivity contribution in [3.63, 3.8) is 0 Å². The van der Waals surface area contributed by atoms with Crippen molar-refractivity contribution < 1.29 is 14.3 Å². The van der Waals surface area contributed by atoms with Crippen LogP contribution >= 0.6 is 0 Å². The van der Waals surface area contributed by atoms with Crippen LogP contribution in [0.1, 0.15) is 39.6 Å². The number of fused-ring (bicyclic) bond motifs is 2. The summed E-state index contributed by atoms with van der Waals surface area (Å²) in [4.78, 5) is 31.3. The molecule has 33 heavy (non-hydrogen) atoms. The van der Waals surface area contributed by atoms with Crippen LogP contribution in [0.3, 0.4) is 0 Å². The Morgan fingerprint density at radius 1 is 1.03 bits per heavy atom. The van der Waals surface area contributed by atoms with Gasteiger partial charge in [-0.3, -0.25) is 9.59 Å². The van der Waals surface area contributed by atoms with E-state index in [4.69, 9.17) is 4.74 Å². The Morgan fingerprint density at radius 3 is 2.55 bits per heavy atom. The number of ether oxygens (including phenoxy) is 1. The number of hydrogen-bond donors (Lipinski definition) is 2. The van der Waals surface area contributed by atoms with Gasteiger partial charge in [0.05, 0.1) is 13.2 Å². The van der Waals surface area contributed by atoms with Gasteiger partial charge in [-0.2, -0.15) is 0 Å². The summed E-state index contributed by atoms with van der Waals surface area (Å²) in [6, 6.07) is 22.8. The van der Waals surface area contributed by atoms with Crippen LogP contribution in [0, 0.1) is 6.92 Å². The standard InChI is InChI=1S/C27H25N3O3/c1-17-25(22-9-5-6-10-23(22)28-17)26-20-7-3-4-8-21(20)27(32)30(26)16-15-24(31)29-18-11-13-19(33-2)14-12-18/h3-14,26,28H,15-16H2,1-2H3,(H,29,31)/t26-/m1/s1. The van der Waals surface area contributed by atoms with Gasteiger partial charge < -0.3 is 19.9 Å². The summed E-state index contributed by atoms with van der Waals surface area (Å²) < 4.78 is 5.16. The fourth-order valence-electron chi connectivity index (χ4n) is 4.68. The first-order valence-corrected chi connectivity index (χ1v) is 11.0. The lowest BCUT2D eigenvalue weighted by molar-refractivity contribution is -0.116. The number of methoxy groups -OCH3 is 1. The maximum Gasteiger partial charge on any atom is 0.255 e. The minimum absolute atomic E-state index is 0.0440. The third-order valence-corrected chi connectivity index (χ3v) is 6.23. The summed E-state index contributed by atoms with van der Waals surface area (Å²) in [5.41, 5.74) is 5.52. The second kappa shape index (κ2) is 8.47. The lowest BCUT2D eigenvalue weighted by Gasteiger charge is -2.26. The van der Waals surface area contributed by atoms with Gasteiger partial charge >= 0.3 is 0 Å². The molecule has 0 unspecified atom stereocenters. The summed E-state index contributed by atoms with van der Waals surface area (Å²) in [7, 11) is 1.60. The van der Waals surface area contributed by atoms with Gasteiger partial charge in [-0.25, -0.2) is 0 Å². The van der Waals surface area contributed by atoms with Crippen LogP contribution in [0.4, 0.5) is 5.69 Å². The number of hydrogen-bond acceptors (Lipinski definition) is 3. The Hall–Kier alpha value is -4.06. The SMILES string of the molecule is COc1ccc(NC(=O)CCN2C(=O)c3ccccc3[C@@H]2c2c(C)[nH]c3ccccc23)cc1. The van der Waals surface area contributed by atoms with Crippen molar-refractivity contribution >= 4 is 28.4 Å². The molecule has 0 bridgehead atoms. The summed E-state index contributed by atoms with van der Waals surface area (Å²) in [6.07, 6.45) is 0.198. The zero-order valence-corrected chi connectivity index (χ0v) is 18.6. The molecular formula is C27H25N3O3. The van der Waals surface area contributed by atoms with Crippen LogP contribution in [0.25, 0.3) is 10.9 Å². The zero-order valence-electron chi connectivity index (χ0n) is 18.6. The van der Waals surface area contributed by atoms with Crippen LogP contribution in [0.2, 0.25) is 0 Å². The maximum absolute atomic E-state index is 13.4. The van der Waals surface area contributed by atoms with Crippen LogP contribution in [0.15, 0.2) is 72.8 Å². The van der Waals surface area contributed by atoms with E-state index in [0.717, 1.165) is 33.5 Å². The predicted octanol–water partition coefficient (Wildman–Crippen LogP) is 5.06. The van der Waals surface area contributed by atoms with Gasteiger partial charge in [0.15, 0.2) is 0 Å². The summed E-state index contributed by atoms with van der Waals surface area (Å²) in [5.74, 6) is 0.543. The van der Waals surface area contributed by atoms with E-state index in [0.29, 0.717) is 17.8 Å². The molecule has 2 amide bonds. The Bertz CT molecular complexity index is 1340. The molecule has 0 fully saturated rings. The number of anilines is 1. The van der Waals surface area contributed by atoms with Gasteiger partial charge in [0, 0.05) is 46.4 Å². The van der Waals surface area contributed by atoms with E-state index in [1.54, 1.807) is 31.4 Å². The highest BCUT2D eigenvalue weighted by Crippen LogP contribution is 2.42. The van der Waals surface area contributed by atoms with Gasteiger partial charge in [-0.15, -0.1) is 0 Å². The normalized spacial score (nSPS) is 15.0. The number of amides is 2. The van der Waals surface area contributed by atoms with Crippen molar-refractivity contribution in [2.75, 3.05) is 19.0 Å². The van der Waals surface area contributed by atoms with E-state index in [-0.39, 0.29) is 24.3 Å². The molecule has 1 atom stereocenters. The quantitative estimate of drug-likeness (QED) is 0.441. The Balaban J connectivity index is 1.42. The number of aromatic amines is 1. The second-order valence-electron chi connectivity index (χ2n) is 8.22. The summed E-state index contributed by atoms with van der Waals surface area (Å²) >= 11 is 0. The molecule has 166 valence electrons. The van der Waals surface area contributed by atoms with Gasteiger partial charge in [-0.1, -0.05) is 36.4 Å².